The van der Waals surface area contributed by atoms with E-state index in [0.717, 1.165) is 19.3 Å². The molecule has 2 atom stereocenters. The molecule has 226 valence electrons. The predicted molar refractivity (Wildman–Crippen MR) is 150 cm³/mol. The average Bonchev–Trinajstić information content (AvgIpc) is 2.79. The normalized spacial score (nSPS) is 13.1. The minimum atomic E-state index is -1.04. The minimum Gasteiger partial charge on any atom is -0.461 e. The van der Waals surface area contributed by atoms with Crippen molar-refractivity contribution in [3.63, 3.8) is 0 Å². The molecule has 0 unspecified atom stereocenters. The van der Waals surface area contributed by atoms with E-state index in [0.29, 0.717) is 5.56 Å². The first-order chi connectivity index (χ1) is 18.5. The predicted octanol–water partition coefficient (Wildman–Crippen LogP) is 5.51. The summed E-state index contributed by atoms with van der Waals surface area (Å²) in [4.78, 5) is 49.2. The largest absolute Gasteiger partial charge is 0.508 e. The zero-order chi connectivity index (χ0) is 30.5. The van der Waals surface area contributed by atoms with Gasteiger partial charge in [0.1, 0.15) is 18.8 Å². The summed E-state index contributed by atoms with van der Waals surface area (Å²) in [6, 6.07) is 3.62. The standard InChI is InChI=1S/C30H47NO9/c1-9-10-11-14-36-28(35)38-20(2)19-37-27(34)22(31)15-21-12-13-23(39-25(32)17-29(3,4)5)24(16-21)40-26(33)18-30(6,7)8/h12-13,16,20,22H,9-11,14-15,17-19,31H2,1-8H3/t20-,22-/m0/s1. The van der Waals surface area contributed by atoms with Crippen molar-refractivity contribution in [3.8, 4) is 11.5 Å². The number of carbonyl (C=O) groups excluding carboxylic acids is 4. The Bertz CT molecular complexity index is 992. The summed E-state index contributed by atoms with van der Waals surface area (Å²) in [6.45, 7) is 15.2. The molecular weight excluding hydrogens is 518 g/mol. The maximum atomic E-state index is 12.5. The van der Waals surface area contributed by atoms with Gasteiger partial charge in [-0.25, -0.2) is 4.79 Å². The Hall–Kier alpha value is -3.14. The molecule has 2 N–H and O–H groups in total. The van der Waals surface area contributed by atoms with Crippen LogP contribution in [0.1, 0.15) is 93.1 Å². The molecule has 0 aliphatic heterocycles. The second-order valence-electron chi connectivity index (χ2n) is 12.4. The van der Waals surface area contributed by atoms with Crippen molar-refractivity contribution < 1.29 is 42.9 Å². The second kappa shape index (κ2) is 16.2. The van der Waals surface area contributed by atoms with Crippen molar-refractivity contribution in [2.24, 2.45) is 16.6 Å². The zero-order valence-corrected chi connectivity index (χ0v) is 25.3. The van der Waals surface area contributed by atoms with Crippen LogP contribution in [-0.4, -0.2) is 49.4 Å². The Balaban J connectivity index is 2.83. The highest BCUT2D eigenvalue weighted by Crippen LogP contribution is 2.32. The Kier molecular flexibility index (Phi) is 14.1. The van der Waals surface area contributed by atoms with E-state index in [-0.39, 0.29) is 54.8 Å². The van der Waals surface area contributed by atoms with E-state index in [2.05, 4.69) is 0 Å². The van der Waals surface area contributed by atoms with E-state index < -0.39 is 36.2 Å². The van der Waals surface area contributed by atoms with Gasteiger partial charge in [0.15, 0.2) is 11.5 Å². The topological polar surface area (TPSA) is 140 Å². The fourth-order valence-electron chi connectivity index (χ4n) is 3.41. The van der Waals surface area contributed by atoms with Gasteiger partial charge in [-0.1, -0.05) is 67.4 Å². The Morgan fingerprint density at radius 1 is 0.850 bits per heavy atom. The lowest BCUT2D eigenvalue weighted by Crippen LogP contribution is -2.36. The maximum Gasteiger partial charge on any atom is 0.508 e. The Labute approximate surface area is 238 Å². The third-order valence-corrected chi connectivity index (χ3v) is 5.29. The van der Waals surface area contributed by atoms with E-state index in [1.807, 2.05) is 48.5 Å². The van der Waals surface area contributed by atoms with Crippen LogP contribution in [0.4, 0.5) is 4.79 Å². The molecule has 40 heavy (non-hydrogen) atoms. The number of unbranched alkanes of at least 4 members (excludes halogenated alkanes) is 2. The van der Waals surface area contributed by atoms with Gasteiger partial charge >= 0.3 is 24.1 Å². The summed E-state index contributed by atoms with van der Waals surface area (Å²) in [5, 5.41) is 0. The molecule has 0 saturated heterocycles. The zero-order valence-electron chi connectivity index (χ0n) is 25.3. The smallest absolute Gasteiger partial charge is 0.461 e. The van der Waals surface area contributed by atoms with Crippen LogP contribution < -0.4 is 15.2 Å². The highest BCUT2D eigenvalue weighted by molar-refractivity contribution is 5.78. The number of ether oxygens (including phenoxy) is 5. The summed E-state index contributed by atoms with van der Waals surface area (Å²) >= 11 is 0. The van der Waals surface area contributed by atoms with Crippen molar-refractivity contribution in [1.29, 1.82) is 0 Å². The van der Waals surface area contributed by atoms with Gasteiger partial charge in [0, 0.05) is 0 Å². The highest BCUT2D eigenvalue weighted by Gasteiger charge is 2.24. The highest BCUT2D eigenvalue weighted by atomic mass is 16.7. The molecule has 1 aromatic carbocycles. The van der Waals surface area contributed by atoms with Crippen LogP contribution in [0.2, 0.25) is 0 Å². The van der Waals surface area contributed by atoms with Crippen LogP contribution >= 0.6 is 0 Å². The summed E-state index contributed by atoms with van der Waals surface area (Å²) in [5.74, 6) is -1.48. The van der Waals surface area contributed by atoms with Gasteiger partial charge in [0.25, 0.3) is 0 Å². The van der Waals surface area contributed by atoms with Crippen LogP contribution in [0.25, 0.3) is 0 Å². The molecule has 0 spiro atoms. The van der Waals surface area contributed by atoms with Crippen molar-refractivity contribution >= 4 is 24.1 Å². The lowest BCUT2D eigenvalue weighted by Gasteiger charge is -2.20. The summed E-state index contributed by atoms with van der Waals surface area (Å²) in [6.07, 6.45) is 1.54. The molecule has 1 aromatic rings. The summed E-state index contributed by atoms with van der Waals surface area (Å²) < 4.78 is 26.3. The van der Waals surface area contributed by atoms with Crippen LogP contribution in [0, 0.1) is 10.8 Å². The fourth-order valence-corrected chi connectivity index (χ4v) is 3.41. The van der Waals surface area contributed by atoms with Gasteiger partial charge in [-0.2, -0.15) is 0 Å². The van der Waals surface area contributed by atoms with E-state index in [1.54, 1.807) is 13.0 Å². The van der Waals surface area contributed by atoms with Gasteiger partial charge in [-0.15, -0.1) is 0 Å². The van der Waals surface area contributed by atoms with Crippen molar-refractivity contribution in [2.45, 2.75) is 106 Å². The molecule has 10 heteroatoms. The third-order valence-electron chi connectivity index (χ3n) is 5.29. The van der Waals surface area contributed by atoms with E-state index in [4.69, 9.17) is 29.4 Å². The average molecular weight is 566 g/mol. The van der Waals surface area contributed by atoms with Crippen molar-refractivity contribution in [3.05, 3.63) is 23.8 Å². The molecule has 0 aromatic heterocycles. The van der Waals surface area contributed by atoms with Crippen LogP contribution in [0.3, 0.4) is 0 Å². The third kappa shape index (κ3) is 15.5. The van der Waals surface area contributed by atoms with Gasteiger partial charge in [-0.3, -0.25) is 14.4 Å². The molecule has 0 aliphatic carbocycles. The molecule has 1 rings (SSSR count). The minimum absolute atomic E-state index is 0.0631. The van der Waals surface area contributed by atoms with Crippen LogP contribution in [-0.2, 0) is 35.0 Å². The number of rotatable bonds is 14. The summed E-state index contributed by atoms with van der Waals surface area (Å²) in [5.41, 5.74) is 6.03. The molecule has 0 heterocycles. The first-order valence-corrected chi connectivity index (χ1v) is 13.8. The number of hydrogen-bond acceptors (Lipinski definition) is 10. The van der Waals surface area contributed by atoms with Gasteiger partial charge in [0.2, 0.25) is 0 Å². The number of carbonyl (C=O) groups is 4. The van der Waals surface area contributed by atoms with Gasteiger partial charge < -0.3 is 29.4 Å². The lowest BCUT2D eigenvalue weighted by atomic mass is 9.92. The first-order valence-electron chi connectivity index (χ1n) is 13.8. The lowest BCUT2D eigenvalue weighted by molar-refractivity contribution is -0.148. The van der Waals surface area contributed by atoms with Crippen LogP contribution in [0.5, 0.6) is 11.5 Å². The van der Waals surface area contributed by atoms with Crippen LogP contribution in [0.15, 0.2) is 18.2 Å². The monoisotopic (exact) mass is 565 g/mol. The maximum absolute atomic E-state index is 12.5. The molecule has 10 nitrogen and oxygen atoms in total. The van der Waals surface area contributed by atoms with Gasteiger partial charge in [-0.05, 0) is 48.3 Å². The van der Waals surface area contributed by atoms with E-state index in [9.17, 15) is 19.2 Å². The molecule has 0 fully saturated rings. The van der Waals surface area contributed by atoms with E-state index in [1.165, 1.54) is 12.1 Å². The quantitative estimate of drug-likeness (QED) is 0.174. The number of benzene rings is 1. The SMILES string of the molecule is CCCCCOC(=O)O[C@@H](C)COC(=O)[C@@H](N)Cc1ccc(OC(=O)CC(C)(C)C)c(OC(=O)CC(C)(C)C)c1. The van der Waals surface area contributed by atoms with Crippen molar-refractivity contribution in [2.75, 3.05) is 13.2 Å². The number of hydrogen-bond donors (Lipinski definition) is 1. The van der Waals surface area contributed by atoms with E-state index >= 15 is 0 Å². The molecule has 0 amide bonds. The van der Waals surface area contributed by atoms with Crippen molar-refractivity contribution in [1.82, 2.24) is 0 Å². The first kappa shape index (κ1) is 34.9. The molecule has 0 saturated carbocycles. The Morgan fingerprint density at radius 3 is 1.98 bits per heavy atom. The van der Waals surface area contributed by atoms with Gasteiger partial charge in [0.05, 0.1) is 19.4 Å². The molecule has 0 aliphatic rings. The number of esters is 3. The molecule has 0 radical (unpaired) electrons. The number of nitrogens with two attached hydrogens (primary N) is 1. The fraction of sp³-hybridized carbons (Fsp3) is 0.667. The second-order valence-corrected chi connectivity index (χ2v) is 12.4. The Morgan fingerprint density at radius 2 is 1.43 bits per heavy atom. The summed E-state index contributed by atoms with van der Waals surface area (Å²) in [7, 11) is 0. The molecular formula is C30H47NO9. The molecule has 0 bridgehead atoms.